The van der Waals surface area contributed by atoms with Gasteiger partial charge in [-0.2, -0.15) is 0 Å². The number of carboxylic acids is 5. The molecule has 13 heteroatoms. The van der Waals surface area contributed by atoms with Crippen LogP contribution in [0.5, 0.6) is 0 Å². The predicted octanol–water partition coefficient (Wildman–Crippen LogP) is -8.22. The van der Waals surface area contributed by atoms with Gasteiger partial charge in [-0.05, 0) is 12.2 Å². The summed E-state index contributed by atoms with van der Waals surface area (Å²) in [6, 6.07) is 0. The average molecular weight is 434 g/mol. The fourth-order valence-electron chi connectivity index (χ4n) is 0.820. The molecule has 0 unspecified atom stereocenters. The van der Waals surface area contributed by atoms with Crippen molar-refractivity contribution in [2.24, 2.45) is 0 Å². The first kappa shape index (κ1) is 29.3. The van der Waals surface area contributed by atoms with E-state index in [2.05, 4.69) is 0 Å². The van der Waals surface area contributed by atoms with Crippen LogP contribution in [-0.2, 0) is 62.9 Å². The molecule has 0 saturated heterocycles. The maximum atomic E-state index is 10.1. The monoisotopic (exact) mass is 431 g/mol. The Labute approximate surface area is 154 Å². The average Bonchev–Trinajstić information content (AvgIpc) is 2.24. The van der Waals surface area contributed by atoms with E-state index in [1.807, 2.05) is 0 Å². The molecule has 0 atom stereocenters. The van der Waals surface area contributed by atoms with Crippen LogP contribution in [0, 0.1) is 0 Å². The molecule has 0 rings (SSSR count). The molecule has 0 aromatic heterocycles. The molecule has 1 N–H and O–H groups in total. The van der Waals surface area contributed by atoms with Gasteiger partial charge in [-0.1, -0.05) is 0 Å². The Morgan fingerprint density at radius 3 is 1.13 bits per heavy atom. The Morgan fingerprint density at radius 2 is 1.00 bits per heavy atom. The van der Waals surface area contributed by atoms with Gasteiger partial charge in [0, 0.05) is 24.8 Å². The number of carbonyl (C=O) groups excluding carboxylic acids is 5. The maximum absolute atomic E-state index is 10.1. The van der Waals surface area contributed by atoms with Crippen molar-refractivity contribution >= 4 is 29.8 Å². The van der Waals surface area contributed by atoms with Gasteiger partial charge in [0.25, 0.3) is 0 Å². The summed E-state index contributed by atoms with van der Waals surface area (Å²) in [7, 11) is 0. The van der Waals surface area contributed by atoms with Gasteiger partial charge < -0.3 is 54.6 Å². The van der Waals surface area contributed by atoms with E-state index in [1.165, 1.54) is 0 Å². The van der Waals surface area contributed by atoms with E-state index in [0.29, 0.717) is 12.2 Å². The Balaban J connectivity index is -0.000000158. The summed E-state index contributed by atoms with van der Waals surface area (Å²) < 4.78 is 0. The van der Waals surface area contributed by atoms with Crippen LogP contribution in [0.4, 0.5) is 0 Å². The van der Waals surface area contributed by atoms with Gasteiger partial charge in [0.1, 0.15) is 5.60 Å². The SMILES string of the molecule is O=C([O-])/C=C/C(=O)[O-].O=C([O-])CC(O)(CC(=O)[O-])C(=O)[O-].[Zn+2].[Zn+2]. The molecular formula is C10H7O11Zn2-. The van der Waals surface area contributed by atoms with Crippen LogP contribution in [0.2, 0.25) is 0 Å². The van der Waals surface area contributed by atoms with Crippen LogP contribution >= 0.6 is 0 Å². The second-order valence-electron chi connectivity index (χ2n) is 3.39. The van der Waals surface area contributed by atoms with Gasteiger partial charge in [0.15, 0.2) is 0 Å². The van der Waals surface area contributed by atoms with Crippen LogP contribution in [0.15, 0.2) is 12.2 Å². The summed E-state index contributed by atoms with van der Waals surface area (Å²) in [4.78, 5) is 48.8. The smallest absolute Gasteiger partial charge is 0.550 e. The zero-order valence-electron chi connectivity index (χ0n) is 11.5. The van der Waals surface area contributed by atoms with Crippen molar-refractivity contribution in [1.82, 2.24) is 0 Å². The molecule has 0 amide bonds. The number of carboxylic acid groups (broad SMARTS) is 5. The van der Waals surface area contributed by atoms with Crippen LogP contribution in [-0.4, -0.2) is 40.6 Å². The van der Waals surface area contributed by atoms with Gasteiger partial charge >= 0.3 is 39.0 Å². The normalized spacial score (nSPS) is 9.43. The van der Waals surface area contributed by atoms with E-state index < -0.39 is 48.3 Å². The van der Waals surface area contributed by atoms with E-state index in [-0.39, 0.29) is 39.0 Å². The number of rotatable bonds is 7. The number of carbonyl (C=O) groups is 5. The van der Waals surface area contributed by atoms with Crippen LogP contribution < -0.4 is 25.5 Å². The third-order valence-corrected chi connectivity index (χ3v) is 1.61. The van der Waals surface area contributed by atoms with Crippen molar-refractivity contribution in [2.75, 3.05) is 0 Å². The number of hydrogen-bond acceptors (Lipinski definition) is 11. The van der Waals surface area contributed by atoms with Gasteiger partial charge in [-0.3, -0.25) is 0 Å². The van der Waals surface area contributed by atoms with Gasteiger partial charge in [0.05, 0.1) is 17.9 Å². The molecule has 0 saturated carbocycles. The summed E-state index contributed by atoms with van der Waals surface area (Å²) in [6.45, 7) is 0. The second-order valence-corrected chi connectivity index (χ2v) is 3.39. The topological polar surface area (TPSA) is 221 Å². The molecule has 0 aromatic rings. The second kappa shape index (κ2) is 13.9. The van der Waals surface area contributed by atoms with Gasteiger partial charge in [0.2, 0.25) is 0 Å². The van der Waals surface area contributed by atoms with Gasteiger partial charge in [-0.15, -0.1) is 0 Å². The molecule has 0 aliphatic heterocycles. The first-order chi connectivity index (χ1) is 9.40. The van der Waals surface area contributed by atoms with Crippen molar-refractivity contribution in [1.29, 1.82) is 0 Å². The summed E-state index contributed by atoms with van der Waals surface area (Å²) in [5, 5.41) is 57.8. The van der Waals surface area contributed by atoms with Crippen LogP contribution in [0.3, 0.4) is 0 Å². The van der Waals surface area contributed by atoms with E-state index >= 15 is 0 Å². The van der Waals surface area contributed by atoms with Crippen LogP contribution in [0.25, 0.3) is 0 Å². The number of aliphatic carboxylic acids is 5. The Hall–Kier alpha value is -1.70. The Morgan fingerprint density at radius 1 is 0.739 bits per heavy atom. The van der Waals surface area contributed by atoms with Gasteiger partial charge in [-0.25, -0.2) is 0 Å². The molecule has 0 spiro atoms. The minimum Gasteiger partial charge on any atom is -0.550 e. The van der Waals surface area contributed by atoms with E-state index in [4.69, 9.17) is 5.11 Å². The van der Waals surface area contributed by atoms with E-state index in [1.54, 1.807) is 0 Å². The molecule has 0 fully saturated rings. The van der Waals surface area contributed by atoms with Crippen molar-refractivity contribution < 1.29 is 93.6 Å². The fraction of sp³-hybridized carbons (Fsp3) is 0.300. The molecule has 0 heterocycles. The Kier molecular flexibility index (Phi) is 17.8. The third-order valence-electron chi connectivity index (χ3n) is 1.61. The van der Waals surface area contributed by atoms with Crippen molar-refractivity contribution in [3.05, 3.63) is 12.2 Å². The standard InChI is InChI=1S/C6H8O7.C4H4O4.2Zn/c7-3(8)1-6(13,5(11)12)2-4(9)10;5-3(6)1-2-4(7)8;;/h13H,1-2H2,(H,7,8)(H,9,10)(H,11,12);1-2H,(H,5,6)(H,7,8);;/q;;2*+2/p-5/b;2-1+;;. The molecule has 0 aliphatic rings. The zero-order valence-corrected chi connectivity index (χ0v) is 17.4. The molecule has 118 valence electrons. The molecule has 0 radical (unpaired) electrons. The van der Waals surface area contributed by atoms with Crippen LogP contribution in [0.1, 0.15) is 12.8 Å². The zero-order chi connectivity index (χ0) is 17.2. The number of aliphatic hydroxyl groups is 1. The third kappa shape index (κ3) is 18.2. The van der Waals surface area contributed by atoms with Crippen molar-refractivity contribution in [2.45, 2.75) is 18.4 Å². The van der Waals surface area contributed by atoms with Crippen molar-refractivity contribution in [3.8, 4) is 0 Å². The quantitative estimate of drug-likeness (QED) is 0.293. The Bertz CT molecular complexity index is 439. The minimum absolute atomic E-state index is 0. The molecule has 23 heavy (non-hydrogen) atoms. The molecule has 11 nitrogen and oxygen atoms in total. The maximum Gasteiger partial charge on any atom is 2.00 e. The predicted molar refractivity (Wildman–Crippen MR) is 48.4 cm³/mol. The largest absolute Gasteiger partial charge is 2.00 e. The summed E-state index contributed by atoms with van der Waals surface area (Å²) in [5.41, 5.74) is -2.97. The number of hydrogen-bond donors (Lipinski definition) is 1. The fourth-order valence-corrected chi connectivity index (χ4v) is 0.820. The summed E-state index contributed by atoms with van der Waals surface area (Å²) in [6.07, 6.45) is -1.95. The summed E-state index contributed by atoms with van der Waals surface area (Å²) >= 11 is 0. The summed E-state index contributed by atoms with van der Waals surface area (Å²) in [5.74, 6) is -9.08. The molecule has 0 aliphatic carbocycles. The molecule has 0 bridgehead atoms. The first-order valence-corrected chi connectivity index (χ1v) is 4.84. The minimum atomic E-state index is -2.97. The first-order valence-electron chi connectivity index (χ1n) is 4.84. The van der Waals surface area contributed by atoms with Crippen molar-refractivity contribution in [3.63, 3.8) is 0 Å². The van der Waals surface area contributed by atoms with E-state index in [9.17, 15) is 49.5 Å². The van der Waals surface area contributed by atoms with E-state index in [0.717, 1.165) is 0 Å². The molecular weight excluding hydrogens is 427 g/mol. The molecule has 0 aromatic carbocycles.